The van der Waals surface area contributed by atoms with E-state index in [0.29, 0.717) is 11.3 Å². The van der Waals surface area contributed by atoms with E-state index in [1.165, 1.54) is 31.4 Å². The number of carbonyl (C=O) groups is 3. The third kappa shape index (κ3) is 5.07. The summed E-state index contributed by atoms with van der Waals surface area (Å²) >= 11 is 0. The number of amides is 2. The van der Waals surface area contributed by atoms with Crippen LogP contribution in [0, 0.1) is 6.92 Å². The number of hydrogen-bond donors (Lipinski definition) is 2. The maximum absolute atomic E-state index is 11.9. The number of ether oxygens (including phenoxy) is 2. The molecule has 0 fully saturated rings. The van der Waals surface area contributed by atoms with Gasteiger partial charge in [-0.1, -0.05) is 18.2 Å². The van der Waals surface area contributed by atoms with Crippen LogP contribution in [0.4, 0.5) is 0 Å². The van der Waals surface area contributed by atoms with E-state index in [4.69, 9.17) is 4.74 Å². The van der Waals surface area contributed by atoms with Crippen molar-refractivity contribution in [3.8, 4) is 5.75 Å². The first-order valence-corrected chi connectivity index (χ1v) is 7.47. The molecule has 2 aromatic rings. The molecule has 0 aromatic heterocycles. The third-order valence-corrected chi connectivity index (χ3v) is 3.34. The van der Waals surface area contributed by atoms with E-state index in [0.717, 1.165) is 5.56 Å². The highest BCUT2D eigenvalue weighted by Crippen LogP contribution is 2.15. The van der Waals surface area contributed by atoms with Crippen molar-refractivity contribution in [2.45, 2.75) is 6.92 Å². The van der Waals surface area contributed by atoms with Gasteiger partial charge in [-0.2, -0.15) is 0 Å². The molecule has 0 bridgehead atoms. The molecule has 2 aromatic carbocycles. The van der Waals surface area contributed by atoms with E-state index in [2.05, 4.69) is 15.6 Å². The van der Waals surface area contributed by atoms with Gasteiger partial charge in [-0.25, -0.2) is 4.79 Å². The Bertz CT molecular complexity index is 771. The summed E-state index contributed by atoms with van der Waals surface area (Å²) in [5, 5.41) is 0. The van der Waals surface area contributed by atoms with Crippen LogP contribution in [-0.2, 0) is 9.53 Å². The standard InChI is InChI=1S/C18H18N2O5/c1-12-5-3-4-6-15(12)25-11-16(21)19-20-17(22)13-7-9-14(10-8-13)18(23)24-2/h3-10H,11H2,1-2H3,(H,19,21)(H,20,22). The van der Waals surface area contributed by atoms with E-state index >= 15 is 0 Å². The molecule has 2 N–H and O–H groups in total. The van der Waals surface area contributed by atoms with Crippen molar-refractivity contribution in [2.24, 2.45) is 0 Å². The van der Waals surface area contributed by atoms with Crippen LogP contribution in [0.2, 0.25) is 0 Å². The molecule has 7 heteroatoms. The van der Waals surface area contributed by atoms with Gasteiger partial charge in [0.05, 0.1) is 12.7 Å². The number of para-hydroxylation sites is 1. The lowest BCUT2D eigenvalue weighted by molar-refractivity contribution is -0.123. The van der Waals surface area contributed by atoms with Gasteiger partial charge in [-0.3, -0.25) is 20.4 Å². The normalized spacial score (nSPS) is 9.84. The number of esters is 1. The molecule has 0 atom stereocenters. The van der Waals surface area contributed by atoms with E-state index in [-0.39, 0.29) is 12.2 Å². The maximum atomic E-state index is 11.9. The average Bonchev–Trinajstić information content (AvgIpc) is 2.65. The fraction of sp³-hybridized carbons (Fsp3) is 0.167. The lowest BCUT2D eigenvalue weighted by atomic mass is 10.1. The van der Waals surface area contributed by atoms with Crippen LogP contribution in [0.25, 0.3) is 0 Å². The van der Waals surface area contributed by atoms with Crippen molar-refractivity contribution in [2.75, 3.05) is 13.7 Å². The Morgan fingerprint density at radius 1 is 0.920 bits per heavy atom. The van der Waals surface area contributed by atoms with Gasteiger partial charge in [0.2, 0.25) is 0 Å². The van der Waals surface area contributed by atoms with Crippen LogP contribution < -0.4 is 15.6 Å². The van der Waals surface area contributed by atoms with Crippen LogP contribution in [-0.4, -0.2) is 31.5 Å². The first-order chi connectivity index (χ1) is 12.0. The summed E-state index contributed by atoms with van der Waals surface area (Å²) in [4.78, 5) is 35.0. The molecular weight excluding hydrogens is 324 g/mol. The van der Waals surface area contributed by atoms with Gasteiger partial charge >= 0.3 is 5.97 Å². The van der Waals surface area contributed by atoms with Crippen LogP contribution in [0.1, 0.15) is 26.3 Å². The highest BCUT2D eigenvalue weighted by Gasteiger charge is 2.10. The van der Waals surface area contributed by atoms with E-state index < -0.39 is 17.8 Å². The quantitative estimate of drug-likeness (QED) is 0.636. The summed E-state index contributed by atoms with van der Waals surface area (Å²) in [6.45, 7) is 1.64. The number of carbonyl (C=O) groups excluding carboxylic acids is 3. The van der Waals surface area contributed by atoms with Gasteiger partial charge in [0, 0.05) is 5.56 Å². The van der Waals surface area contributed by atoms with Gasteiger partial charge in [-0.05, 0) is 42.8 Å². The van der Waals surface area contributed by atoms with Gasteiger partial charge in [0.1, 0.15) is 5.75 Å². The molecule has 0 aliphatic carbocycles. The van der Waals surface area contributed by atoms with Gasteiger partial charge in [0.25, 0.3) is 11.8 Å². The van der Waals surface area contributed by atoms with E-state index in [1.54, 1.807) is 12.1 Å². The number of nitrogens with one attached hydrogen (secondary N) is 2. The topological polar surface area (TPSA) is 93.7 Å². The summed E-state index contributed by atoms with van der Waals surface area (Å²) in [5.41, 5.74) is 6.06. The third-order valence-electron chi connectivity index (χ3n) is 3.34. The van der Waals surface area contributed by atoms with Gasteiger partial charge in [-0.15, -0.1) is 0 Å². The predicted octanol–water partition coefficient (Wildman–Crippen LogP) is 1.62. The summed E-state index contributed by atoms with van der Waals surface area (Å²) in [6.07, 6.45) is 0. The first kappa shape index (κ1) is 18.0. The molecule has 2 amide bonds. The minimum atomic E-state index is -0.513. The number of hydrazine groups is 1. The Morgan fingerprint density at radius 3 is 2.20 bits per heavy atom. The second kappa shape index (κ2) is 8.49. The number of aryl methyl sites for hydroxylation is 1. The minimum absolute atomic E-state index is 0.230. The van der Waals surface area contributed by atoms with Crippen molar-refractivity contribution in [3.05, 3.63) is 65.2 Å². The molecule has 25 heavy (non-hydrogen) atoms. The second-order valence-corrected chi connectivity index (χ2v) is 5.13. The molecular formula is C18H18N2O5. The van der Waals surface area contributed by atoms with Crippen molar-refractivity contribution in [1.29, 1.82) is 0 Å². The Kier molecular flexibility index (Phi) is 6.11. The Balaban J connectivity index is 1.82. The second-order valence-electron chi connectivity index (χ2n) is 5.13. The van der Waals surface area contributed by atoms with Crippen molar-refractivity contribution >= 4 is 17.8 Å². The molecule has 2 rings (SSSR count). The molecule has 130 valence electrons. The van der Waals surface area contributed by atoms with Crippen molar-refractivity contribution in [3.63, 3.8) is 0 Å². The van der Waals surface area contributed by atoms with Gasteiger partial charge < -0.3 is 9.47 Å². The van der Waals surface area contributed by atoms with Crippen LogP contribution >= 0.6 is 0 Å². The number of hydrogen-bond acceptors (Lipinski definition) is 5. The average molecular weight is 342 g/mol. The minimum Gasteiger partial charge on any atom is -0.483 e. The summed E-state index contributed by atoms with van der Waals surface area (Å²) < 4.78 is 9.95. The fourth-order valence-corrected chi connectivity index (χ4v) is 1.97. The first-order valence-electron chi connectivity index (χ1n) is 7.47. The Morgan fingerprint density at radius 2 is 1.56 bits per heavy atom. The molecule has 0 radical (unpaired) electrons. The molecule has 0 saturated heterocycles. The zero-order valence-corrected chi connectivity index (χ0v) is 13.9. The SMILES string of the molecule is COC(=O)c1ccc(C(=O)NNC(=O)COc2ccccc2C)cc1. The zero-order chi connectivity index (χ0) is 18.2. The number of benzene rings is 2. The van der Waals surface area contributed by atoms with E-state index in [9.17, 15) is 14.4 Å². The molecule has 0 aliphatic rings. The largest absolute Gasteiger partial charge is 0.483 e. The molecule has 0 heterocycles. The lowest BCUT2D eigenvalue weighted by Crippen LogP contribution is -2.43. The highest BCUT2D eigenvalue weighted by atomic mass is 16.5. The lowest BCUT2D eigenvalue weighted by Gasteiger charge is -2.10. The highest BCUT2D eigenvalue weighted by molar-refractivity contribution is 5.97. The van der Waals surface area contributed by atoms with Crippen molar-refractivity contribution in [1.82, 2.24) is 10.9 Å². The smallest absolute Gasteiger partial charge is 0.337 e. The predicted molar refractivity (Wildman–Crippen MR) is 90.1 cm³/mol. The summed E-state index contributed by atoms with van der Waals surface area (Å²) in [6, 6.07) is 13.1. The Hall–Kier alpha value is -3.35. The van der Waals surface area contributed by atoms with Gasteiger partial charge in [0.15, 0.2) is 6.61 Å². The molecule has 0 saturated carbocycles. The number of rotatable bonds is 5. The fourth-order valence-electron chi connectivity index (χ4n) is 1.97. The summed E-state index contributed by atoms with van der Waals surface area (Å²) in [7, 11) is 1.28. The maximum Gasteiger partial charge on any atom is 0.337 e. The Labute approximate surface area is 144 Å². The molecule has 0 aliphatic heterocycles. The van der Waals surface area contributed by atoms with Crippen LogP contribution in [0.5, 0.6) is 5.75 Å². The van der Waals surface area contributed by atoms with Crippen LogP contribution in [0.3, 0.4) is 0 Å². The molecule has 7 nitrogen and oxygen atoms in total. The molecule has 0 unspecified atom stereocenters. The van der Waals surface area contributed by atoms with E-state index in [1.807, 2.05) is 19.1 Å². The zero-order valence-electron chi connectivity index (χ0n) is 13.9. The van der Waals surface area contributed by atoms with Crippen LogP contribution in [0.15, 0.2) is 48.5 Å². The molecule has 0 spiro atoms. The van der Waals surface area contributed by atoms with Crippen molar-refractivity contribution < 1.29 is 23.9 Å². The monoisotopic (exact) mass is 342 g/mol. The summed E-state index contributed by atoms with van der Waals surface area (Å²) in [5.74, 6) is -0.903. The number of methoxy groups -OCH3 is 1.